The molecule has 1 saturated carbocycles. The maximum Gasteiger partial charge on any atom is 0.329 e. The van der Waals surface area contributed by atoms with E-state index in [1.807, 2.05) is 0 Å². The molecule has 0 radical (unpaired) electrons. The number of aliphatic carboxylic acids is 1. The van der Waals surface area contributed by atoms with Gasteiger partial charge in [0.25, 0.3) is 5.56 Å². The quantitative estimate of drug-likeness (QED) is 0.735. The molecule has 1 amide bonds. The number of aromatic nitrogens is 3. The second-order valence-corrected chi connectivity index (χ2v) is 5.60. The number of carbonyl (C=O) groups is 2. The molecule has 0 bridgehead atoms. The van der Waals surface area contributed by atoms with Crippen LogP contribution in [0.5, 0.6) is 0 Å². The third kappa shape index (κ3) is 2.16. The number of hydrogen-bond donors (Lipinski definition) is 3. The lowest BCUT2D eigenvalue weighted by Gasteiger charge is -2.38. The summed E-state index contributed by atoms with van der Waals surface area (Å²) in [7, 11) is 0. The number of hydrogen-bond acceptors (Lipinski definition) is 4. The number of H-pyrrole nitrogens is 1. The third-order valence-corrected chi connectivity index (χ3v) is 4.18. The summed E-state index contributed by atoms with van der Waals surface area (Å²) in [5.74, 6) is -1.51. The van der Waals surface area contributed by atoms with E-state index >= 15 is 0 Å². The highest BCUT2D eigenvalue weighted by Gasteiger charge is 2.45. The molecule has 1 fully saturated rings. The van der Waals surface area contributed by atoms with Gasteiger partial charge in [-0.2, -0.15) is 0 Å². The molecule has 0 aromatic carbocycles. The summed E-state index contributed by atoms with van der Waals surface area (Å²) in [4.78, 5) is 40.0. The van der Waals surface area contributed by atoms with Gasteiger partial charge in [0.05, 0.1) is 6.42 Å². The van der Waals surface area contributed by atoms with E-state index in [9.17, 15) is 19.5 Å². The highest BCUT2D eigenvalue weighted by molar-refractivity contribution is 5.88. The van der Waals surface area contributed by atoms with Crippen LogP contribution in [0.4, 0.5) is 0 Å². The van der Waals surface area contributed by atoms with Crippen molar-refractivity contribution < 1.29 is 14.7 Å². The molecule has 0 atom stereocenters. The van der Waals surface area contributed by atoms with Crippen LogP contribution in [0.2, 0.25) is 0 Å². The highest BCUT2D eigenvalue weighted by Crippen LogP contribution is 2.32. The normalized spacial score (nSPS) is 16.2. The van der Waals surface area contributed by atoms with Crippen LogP contribution in [0.1, 0.15) is 30.5 Å². The molecule has 8 nitrogen and oxygen atoms in total. The van der Waals surface area contributed by atoms with Gasteiger partial charge < -0.3 is 10.4 Å². The van der Waals surface area contributed by atoms with Crippen molar-refractivity contribution in [1.29, 1.82) is 0 Å². The van der Waals surface area contributed by atoms with Gasteiger partial charge in [-0.1, -0.05) is 0 Å². The Morgan fingerprint density at radius 2 is 2.23 bits per heavy atom. The van der Waals surface area contributed by atoms with Crippen LogP contribution in [0.25, 0.3) is 5.65 Å². The third-order valence-electron chi connectivity index (χ3n) is 4.18. The summed E-state index contributed by atoms with van der Waals surface area (Å²) in [6, 6.07) is 1.66. The maximum absolute atomic E-state index is 12.3. The molecule has 2 heterocycles. The smallest absolute Gasteiger partial charge is 0.329 e. The molecule has 2 aromatic heterocycles. The zero-order valence-corrected chi connectivity index (χ0v) is 12.0. The number of amides is 1. The Kier molecular flexibility index (Phi) is 3.23. The standard InChI is InChI=1S/C14H16N4O4/c1-8-9(12(20)18-10(16-8)3-6-15-18)7-11(19)17-14(13(21)22)4-2-5-14/h3,6,15H,2,4-5,7H2,1H3,(H,17,19)(H,21,22). The zero-order valence-electron chi connectivity index (χ0n) is 12.0. The van der Waals surface area contributed by atoms with E-state index in [1.165, 1.54) is 4.52 Å². The molecule has 0 saturated heterocycles. The molecular formula is C14H16N4O4. The van der Waals surface area contributed by atoms with E-state index in [-0.39, 0.29) is 17.5 Å². The van der Waals surface area contributed by atoms with Crippen molar-refractivity contribution in [2.24, 2.45) is 0 Å². The van der Waals surface area contributed by atoms with E-state index in [4.69, 9.17) is 0 Å². The molecule has 0 spiro atoms. The van der Waals surface area contributed by atoms with Gasteiger partial charge in [-0.25, -0.2) is 14.3 Å². The topological polar surface area (TPSA) is 117 Å². The van der Waals surface area contributed by atoms with Crippen LogP contribution < -0.4 is 10.9 Å². The molecule has 1 aliphatic carbocycles. The first-order valence-corrected chi connectivity index (χ1v) is 7.03. The van der Waals surface area contributed by atoms with Crippen LogP contribution in [0.3, 0.4) is 0 Å². The van der Waals surface area contributed by atoms with Crippen molar-refractivity contribution in [3.05, 3.63) is 33.9 Å². The molecule has 1 aliphatic rings. The number of nitrogens with one attached hydrogen (secondary N) is 2. The molecule has 3 rings (SSSR count). The summed E-state index contributed by atoms with van der Waals surface area (Å²) < 4.78 is 1.26. The Bertz CT molecular complexity index is 816. The maximum atomic E-state index is 12.3. The average Bonchev–Trinajstić information content (AvgIpc) is 2.86. The molecule has 8 heteroatoms. The summed E-state index contributed by atoms with van der Waals surface area (Å²) in [6.45, 7) is 1.66. The van der Waals surface area contributed by atoms with Crippen LogP contribution in [0, 0.1) is 6.92 Å². The second kappa shape index (κ2) is 4.97. The van der Waals surface area contributed by atoms with Crippen LogP contribution in [-0.4, -0.2) is 37.1 Å². The first-order valence-electron chi connectivity index (χ1n) is 7.03. The number of aryl methyl sites for hydroxylation is 1. The Morgan fingerprint density at radius 3 is 2.82 bits per heavy atom. The number of carboxylic acid groups (broad SMARTS) is 1. The summed E-state index contributed by atoms with van der Waals surface area (Å²) in [6.07, 6.45) is 3.00. The van der Waals surface area contributed by atoms with Crippen LogP contribution in [-0.2, 0) is 16.0 Å². The molecule has 116 valence electrons. The number of nitrogens with zero attached hydrogens (tertiary/aromatic N) is 2. The summed E-state index contributed by atoms with van der Waals surface area (Å²) in [5.41, 5.74) is -0.311. The zero-order chi connectivity index (χ0) is 15.9. The van der Waals surface area contributed by atoms with Gasteiger partial charge in [0.2, 0.25) is 5.91 Å². The van der Waals surface area contributed by atoms with E-state index in [2.05, 4.69) is 15.4 Å². The molecule has 0 aliphatic heterocycles. The number of carboxylic acids is 1. The second-order valence-electron chi connectivity index (χ2n) is 5.60. The van der Waals surface area contributed by atoms with Gasteiger partial charge in [-0.05, 0) is 26.2 Å². The number of fused-ring (bicyclic) bond motifs is 1. The minimum absolute atomic E-state index is 0.186. The fraction of sp³-hybridized carbons (Fsp3) is 0.429. The summed E-state index contributed by atoms with van der Waals surface area (Å²) in [5, 5.41) is 14.5. The lowest BCUT2D eigenvalue weighted by molar-refractivity contribution is -0.151. The molecule has 3 N–H and O–H groups in total. The van der Waals surface area contributed by atoms with E-state index in [0.29, 0.717) is 24.2 Å². The first-order chi connectivity index (χ1) is 10.4. The summed E-state index contributed by atoms with van der Waals surface area (Å²) >= 11 is 0. The van der Waals surface area contributed by atoms with Crippen LogP contribution >= 0.6 is 0 Å². The average molecular weight is 304 g/mol. The van der Waals surface area contributed by atoms with Crippen molar-refractivity contribution in [3.63, 3.8) is 0 Å². The fourth-order valence-electron chi connectivity index (χ4n) is 2.70. The Hall–Kier alpha value is -2.64. The number of carbonyl (C=O) groups excluding carboxylic acids is 1. The lowest BCUT2D eigenvalue weighted by atomic mass is 9.76. The SMILES string of the molecule is Cc1nc2cc[nH]n2c(=O)c1CC(=O)NC1(C(=O)O)CCC1. The molecule has 0 unspecified atom stereocenters. The first kappa shape index (κ1) is 14.3. The van der Waals surface area contributed by atoms with Gasteiger partial charge in [0, 0.05) is 23.5 Å². The largest absolute Gasteiger partial charge is 0.480 e. The number of rotatable bonds is 4. The fourth-order valence-corrected chi connectivity index (χ4v) is 2.70. The van der Waals surface area contributed by atoms with Crippen molar-refractivity contribution in [3.8, 4) is 0 Å². The molecule has 22 heavy (non-hydrogen) atoms. The van der Waals surface area contributed by atoms with Crippen molar-refractivity contribution in [2.75, 3.05) is 0 Å². The van der Waals surface area contributed by atoms with Gasteiger partial charge in [-0.15, -0.1) is 0 Å². The lowest BCUT2D eigenvalue weighted by Crippen LogP contribution is -2.59. The molecular weight excluding hydrogens is 288 g/mol. The van der Waals surface area contributed by atoms with Crippen molar-refractivity contribution in [1.82, 2.24) is 19.9 Å². The van der Waals surface area contributed by atoms with E-state index in [0.717, 1.165) is 6.42 Å². The van der Waals surface area contributed by atoms with Gasteiger partial charge in [-0.3, -0.25) is 14.7 Å². The predicted molar refractivity (Wildman–Crippen MR) is 76.6 cm³/mol. The van der Waals surface area contributed by atoms with Crippen LogP contribution in [0.15, 0.2) is 17.1 Å². The molecule has 2 aromatic rings. The van der Waals surface area contributed by atoms with E-state index < -0.39 is 17.4 Å². The Morgan fingerprint density at radius 1 is 1.50 bits per heavy atom. The predicted octanol–water partition coefficient (Wildman–Crippen LogP) is -0.00298. The minimum Gasteiger partial charge on any atom is -0.480 e. The van der Waals surface area contributed by atoms with Crippen molar-refractivity contribution >= 4 is 17.5 Å². The Labute approximate surface area is 125 Å². The Balaban J connectivity index is 1.85. The van der Waals surface area contributed by atoms with Gasteiger partial charge in [0.15, 0.2) is 5.65 Å². The van der Waals surface area contributed by atoms with Gasteiger partial charge >= 0.3 is 5.97 Å². The van der Waals surface area contributed by atoms with Gasteiger partial charge in [0.1, 0.15) is 5.54 Å². The van der Waals surface area contributed by atoms with Crippen molar-refractivity contribution in [2.45, 2.75) is 38.1 Å². The minimum atomic E-state index is -1.18. The number of aromatic amines is 1. The monoisotopic (exact) mass is 304 g/mol. The van der Waals surface area contributed by atoms with E-state index in [1.54, 1.807) is 19.2 Å². The highest BCUT2D eigenvalue weighted by atomic mass is 16.4.